The first-order chi connectivity index (χ1) is 7.26. The quantitative estimate of drug-likeness (QED) is 0.826. The second kappa shape index (κ2) is 4.79. The van der Waals surface area contributed by atoms with Crippen LogP contribution in [0.3, 0.4) is 0 Å². The highest BCUT2D eigenvalue weighted by Crippen LogP contribution is 2.42. The van der Waals surface area contributed by atoms with Crippen LogP contribution in [-0.4, -0.2) is 12.4 Å². The van der Waals surface area contributed by atoms with Gasteiger partial charge >= 0.3 is 0 Å². The van der Waals surface area contributed by atoms with Gasteiger partial charge in [-0.3, -0.25) is 0 Å². The van der Waals surface area contributed by atoms with Gasteiger partial charge in [0.1, 0.15) is 5.75 Å². The number of rotatable bonds is 4. The van der Waals surface area contributed by atoms with Gasteiger partial charge in [0, 0.05) is 5.41 Å². The number of thiol groups is 1. The molecule has 0 aliphatic heterocycles. The van der Waals surface area contributed by atoms with Gasteiger partial charge in [0.25, 0.3) is 0 Å². The first-order valence-electron chi connectivity index (χ1n) is 5.24. The molecule has 15 heavy (non-hydrogen) atoms. The maximum absolute atomic E-state index is 5.84. The molecule has 1 aromatic rings. The van der Waals surface area contributed by atoms with Crippen molar-refractivity contribution in [1.29, 1.82) is 0 Å². The lowest BCUT2D eigenvalue weighted by atomic mass is 9.71. The molecule has 3 heteroatoms. The number of hydrogen-bond acceptors (Lipinski definition) is 2. The molecule has 0 radical (unpaired) electrons. The average Bonchev–Trinajstić information content (AvgIpc) is 2.19. The lowest BCUT2D eigenvalue weighted by Crippen LogP contribution is -2.37. The van der Waals surface area contributed by atoms with E-state index in [4.69, 9.17) is 4.74 Å². The van der Waals surface area contributed by atoms with Crippen molar-refractivity contribution >= 4 is 28.6 Å². The normalized spacial score (nSPS) is 18.3. The van der Waals surface area contributed by atoms with E-state index >= 15 is 0 Å². The third-order valence-electron chi connectivity index (χ3n) is 3.12. The Bertz CT molecular complexity index is 331. The molecule has 0 bridgehead atoms. The van der Waals surface area contributed by atoms with Gasteiger partial charge in [0.2, 0.25) is 0 Å². The van der Waals surface area contributed by atoms with Crippen molar-refractivity contribution in [2.45, 2.75) is 19.3 Å². The average molecular weight is 287 g/mol. The number of hydrogen-bond donors (Lipinski definition) is 1. The zero-order chi connectivity index (χ0) is 10.7. The first kappa shape index (κ1) is 11.3. The summed E-state index contributed by atoms with van der Waals surface area (Å²) in [5, 5.41) is 0. The van der Waals surface area contributed by atoms with Gasteiger partial charge < -0.3 is 4.74 Å². The van der Waals surface area contributed by atoms with Crippen molar-refractivity contribution in [3.63, 3.8) is 0 Å². The van der Waals surface area contributed by atoms with Crippen LogP contribution in [0.2, 0.25) is 0 Å². The van der Waals surface area contributed by atoms with Crippen LogP contribution < -0.4 is 4.74 Å². The third kappa shape index (κ3) is 2.51. The van der Waals surface area contributed by atoms with E-state index in [-0.39, 0.29) is 0 Å². The largest absolute Gasteiger partial charge is 0.492 e. The van der Waals surface area contributed by atoms with E-state index in [0.29, 0.717) is 5.41 Å². The molecule has 0 amide bonds. The number of benzene rings is 1. The van der Waals surface area contributed by atoms with E-state index in [9.17, 15) is 0 Å². The number of ether oxygens (including phenoxy) is 1. The second-order valence-corrected chi connectivity index (χ2v) is 5.40. The fraction of sp³-hybridized carbons (Fsp3) is 0.500. The third-order valence-corrected chi connectivity index (χ3v) is 4.45. The van der Waals surface area contributed by atoms with E-state index in [1.807, 2.05) is 24.3 Å². The summed E-state index contributed by atoms with van der Waals surface area (Å²) >= 11 is 7.89. The summed E-state index contributed by atoms with van der Waals surface area (Å²) in [4.78, 5) is 0. The Kier molecular flexibility index (Phi) is 3.62. The SMILES string of the molecule is SCC1(COc2ccccc2Br)CCC1. The lowest BCUT2D eigenvalue weighted by molar-refractivity contribution is 0.0825. The van der Waals surface area contributed by atoms with E-state index in [2.05, 4.69) is 28.6 Å². The van der Waals surface area contributed by atoms with Crippen LogP contribution in [0, 0.1) is 5.41 Å². The predicted octanol–water partition coefficient (Wildman–Crippen LogP) is 3.93. The smallest absolute Gasteiger partial charge is 0.133 e. The summed E-state index contributed by atoms with van der Waals surface area (Å²) in [5.74, 6) is 1.86. The number of para-hydroxylation sites is 1. The van der Waals surface area contributed by atoms with Crippen molar-refractivity contribution in [2.24, 2.45) is 5.41 Å². The van der Waals surface area contributed by atoms with Crippen molar-refractivity contribution in [3.8, 4) is 5.75 Å². The van der Waals surface area contributed by atoms with Crippen LogP contribution in [0.25, 0.3) is 0 Å². The highest BCUT2D eigenvalue weighted by Gasteiger charge is 2.36. The second-order valence-electron chi connectivity index (χ2n) is 4.23. The Morgan fingerprint density at radius 1 is 1.33 bits per heavy atom. The van der Waals surface area contributed by atoms with Crippen LogP contribution in [0.1, 0.15) is 19.3 Å². The van der Waals surface area contributed by atoms with E-state index in [1.54, 1.807) is 0 Å². The molecular formula is C12H15BrOS. The molecule has 0 atom stereocenters. The molecule has 82 valence electrons. The van der Waals surface area contributed by atoms with Gasteiger partial charge in [-0.15, -0.1) is 0 Å². The minimum absolute atomic E-state index is 0.332. The van der Waals surface area contributed by atoms with Crippen molar-refractivity contribution in [3.05, 3.63) is 28.7 Å². The molecule has 0 N–H and O–H groups in total. The van der Waals surface area contributed by atoms with Gasteiger partial charge in [-0.25, -0.2) is 0 Å². The van der Waals surface area contributed by atoms with Crippen molar-refractivity contribution in [2.75, 3.05) is 12.4 Å². The van der Waals surface area contributed by atoms with Crippen molar-refractivity contribution in [1.82, 2.24) is 0 Å². The molecular weight excluding hydrogens is 272 g/mol. The Hall–Kier alpha value is -0.150. The summed E-state index contributed by atoms with van der Waals surface area (Å²) < 4.78 is 6.87. The Balaban J connectivity index is 1.95. The molecule has 1 aliphatic rings. The molecule has 0 heterocycles. The lowest BCUT2D eigenvalue weighted by Gasteiger charge is -2.40. The van der Waals surface area contributed by atoms with Gasteiger partial charge in [-0.05, 0) is 46.7 Å². The van der Waals surface area contributed by atoms with Gasteiger partial charge in [-0.1, -0.05) is 18.6 Å². The Labute approximate surface area is 105 Å². The summed E-state index contributed by atoms with van der Waals surface area (Å²) in [5.41, 5.74) is 0.332. The standard InChI is InChI=1S/C12H15BrOS/c13-10-4-1-2-5-11(10)14-8-12(9-15)6-3-7-12/h1-2,4-5,15H,3,6-9H2. The molecule has 1 fully saturated rings. The highest BCUT2D eigenvalue weighted by atomic mass is 79.9. The van der Waals surface area contributed by atoms with Gasteiger partial charge in [0.15, 0.2) is 0 Å². The molecule has 1 aromatic carbocycles. The Morgan fingerprint density at radius 2 is 2.07 bits per heavy atom. The highest BCUT2D eigenvalue weighted by molar-refractivity contribution is 9.10. The molecule has 0 aromatic heterocycles. The molecule has 1 aliphatic carbocycles. The molecule has 0 spiro atoms. The summed E-state index contributed by atoms with van der Waals surface area (Å²) in [7, 11) is 0. The van der Waals surface area contributed by atoms with Crippen LogP contribution in [-0.2, 0) is 0 Å². The molecule has 0 saturated heterocycles. The fourth-order valence-electron chi connectivity index (χ4n) is 1.82. The monoisotopic (exact) mass is 286 g/mol. The topological polar surface area (TPSA) is 9.23 Å². The van der Waals surface area contributed by atoms with E-state index in [1.165, 1.54) is 19.3 Å². The van der Waals surface area contributed by atoms with E-state index < -0.39 is 0 Å². The fourth-order valence-corrected chi connectivity index (χ4v) is 2.62. The molecule has 0 unspecified atom stereocenters. The molecule has 1 saturated carbocycles. The summed E-state index contributed by atoms with van der Waals surface area (Å²) in [6.07, 6.45) is 3.82. The maximum Gasteiger partial charge on any atom is 0.133 e. The van der Waals surface area contributed by atoms with Crippen LogP contribution >= 0.6 is 28.6 Å². The summed E-state index contributed by atoms with van der Waals surface area (Å²) in [6.45, 7) is 0.791. The molecule has 1 nitrogen and oxygen atoms in total. The summed E-state index contributed by atoms with van der Waals surface area (Å²) in [6, 6.07) is 7.99. The van der Waals surface area contributed by atoms with Gasteiger partial charge in [-0.2, -0.15) is 12.6 Å². The molecule has 2 rings (SSSR count). The van der Waals surface area contributed by atoms with Gasteiger partial charge in [0.05, 0.1) is 11.1 Å². The zero-order valence-electron chi connectivity index (χ0n) is 8.58. The number of halogens is 1. The maximum atomic E-state index is 5.84. The van der Waals surface area contributed by atoms with Crippen LogP contribution in [0.15, 0.2) is 28.7 Å². The van der Waals surface area contributed by atoms with Crippen LogP contribution in [0.5, 0.6) is 5.75 Å². The van der Waals surface area contributed by atoms with E-state index in [0.717, 1.165) is 22.6 Å². The van der Waals surface area contributed by atoms with Crippen molar-refractivity contribution < 1.29 is 4.74 Å². The van der Waals surface area contributed by atoms with Crippen LogP contribution in [0.4, 0.5) is 0 Å². The zero-order valence-corrected chi connectivity index (χ0v) is 11.1. The minimum atomic E-state index is 0.332. The first-order valence-corrected chi connectivity index (χ1v) is 6.67. The Morgan fingerprint density at radius 3 is 2.60 bits per heavy atom. The predicted molar refractivity (Wildman–Crippen MR) is 69.8 cm³/mol. The minimum Gasteiger partial charge on any atom is -0.492 e.